The molecule has 1 unspecified atom stereocenters. The number of nitrogens with zero attached hydrogens (tertiary/aromatic N) is 2. The minimum Gasteiger partial charge on any atom is -0.497 e. The SMILES string of the molecule is C/C=C1\CCN(C)C1.C=C(c1ccc(CCC)cc1)N(/C(C)=C(/C=O)C(C)CC)c1ccc(OC)cc1. The Bertz CT molecular complexity index is 1060. The van der Waals surface area contributed by atoms with Crippen LogP contribution in [0, 0.1) is 5.92 Å². The molecule has 37 heavy (non-hydrogen) atoms. The first kappa shape index (κ1) is 30.1. The smallest absolute Gasteiger partial charge is 0.148 e. The molecule has 0 aromatic heterocycles. The van der Waals surface area contributed by atoms with Crippen LogP contribution in [-0.4, -0.2) is 38.4 Å². The fourth-order valence-corrected chi connectivity index (χ4v) is 4.55. The molecular weight excluding hydrogens is 456 g/mol. The summed E-state index contributed by atoms with van der Waals surface area (Å²) < 4.78 is 5.31. The second-order valence-corrected chi connectivity index (χ2v) is 9.83. The Hall–Kier alpha value is -3.11. The summed E-state index contributed by atoms with van der Waals surface area (Å²) in [5.41, 5.74) is 7.45. The number of allylic oxidation sites excluding steroid dienone is 3. The van der Waals surface area contributed by atoms with Gasteiger partial charge in [-0.05, 0) is 81.5 Å². The molecule has 1 saturated heterocycles. The van der Waals surface area contributed by atoms with Gasteiger partial charge < -0.3 is 14.5 Å². The van der Waals surface area contributed by atoms with E-state index >= 15 is 0 Å². The second-order valence-electron chi connectivity index (χ2n) is 9.83. The lowest BCUT2D eigenvalue weighted by molar-refractivity contribution is -0.105. The predicted octanol–water partition coefficient (Wildman–Crippen LogP) is 7.91. The number of likely N-dealkylation sites (tertiary alicyclic amines) is 1. The first-order valence-corrected chi connectivity index (χ1v) is 13.5. The topological polar surface area (TPSA) is 32.8 Å². The van der Waals surface area contributed by atoms with E-state index in [0.717, 1.165) is 59.5 Å². The first-order chi connectivity index (χ1) is 17.8. The molecule has 1 aliphatic heterocycles. The molecule has 3 rings (SSSR count). The van der Waals surface area contributed by atoms with Gasteiger partial charge in [-0.25, -0.2) is 0 Å². The van der Waals surface area contributed by atoms with Crippen LogP contribution in [0.1, 0.15) is 65.0 Å². The van der Waals surface area contributed by atoms with Crippen molar-refractivity contribution >= 4 is 17.7 Å². The maximum absolute atomic E-state index is 11.9. The number of carbonyl (C=O) groups excluding carboxylic acids is 1. The summed E-state index contributed by atoms with van der Waals surface area (Å²) >= 11 is 0. The number of ether oxygens (including phenoxy) is 1. The molecule has 0 spiro atoms. The van der Waals surface area contributed by atoms with Gasteiger partial charge in [-0.2, -0.15) is 0 Å². The van der Waals surface area contributed by atoms with Gasteiger partial charge in [0.2, 0.25) is 0 Å². The van der Waals surface area contributed by atoms with E-state index in [2.05, 4.69) is 81.5 Å². The van der Waals surface area contributed by atoms with E-state index in [0.29, 0.717) is 0 Å². The van der Waals surface area contributed by atoms with Gasteiger partial charge in [-0.1, -0.05) is 69.7 Å². The summed E-state index contributed by atoms with van der Waals surface area (Å²) in [6.45, 7) is 17.3. The fourth-order valence-electron chi connectivity index (χ4n) is 4.55. The molecule has 200 valence electrons. The minimum atomic E-state index is 0.174. The molecule has 0 N–H and O–H groups in total. The molecule has 2 aromatic carbocycles. The number of rotatable bonds is 10. The normalized spacial score (nSPS) is 15.9. The highest BCUT2D eigenvalue weighted by Gasteiger charge is 2.20. The van der Waals surface area contributed by atoms with Crippen molar-refractivity contribution in [2.75, 3.05) is 32.1 Å². The number of hydrogen-bond donors (Lipinski definition) is 0. The van der Waals surface area contributed by atoms with Crippen LogP contribution in [0.15, 0.2) is 78.0 Å². The summed E-state index contributed by atoms with van der Waals surface area (Å²) in [6.07, 6.45) is 7.59. The van der Waals surface area contributed by atoms with Crippen LogP contribution < -0.4 is 9.64 Å². The zero-order valence-corrected chi connectivity index (χ0v) is 24.0. The molecule has 1 aliphatic rings. The highest BCUT2D eigenvalue weighted by Crippen LogP contribution is 2.33. The Morgan fingerprint density at radius 3 is 2.22 bits per heavy atom. The van der Waals surface area contributed by atoms with Gasteiger partial charge in [0.15, 0.2) is 0 Å². The third-order valence-electron chi connectivity index (χ3n) is 7.15. The zero-order chi connectivity index (χ0) is 27.4. The average molecular weight is 503 g/mol. The Kier molecular flexibility index (Phi) is 12.4. The third kappa shape index (κ3) is 8.46. The summed E-state index contributed by atoms with van der Waals surface area (Å²) in [5, 5.41) is 0. The van der Waals surface area contributed by atoms with Crippen molar-refractivity contribution < 1.29 is 9.53 Å². The van der Waals surface area contributed by atoms with Crippen molar-refractivity contribution in [2.24, 2.45) is 5.92 Å². The van der Waals surface area contributed by atoms with Crippen molar-refractivity contribution in [3.8, 4) is 5.75 Å². The lowest BCUT2D eigenvalue weighted by Gasteiger charge is -2.30. The van der Waals surface area contributed by atoms with Crippen molar-refractivity contribution in [3.05, 3.63) is 89.2 Å². The molecule has 2 aromatic rings. The lowest BCUT2D eigenvalue weighted by atomic mass is 9.96. The van der Waals surface area contributed by atoms with Gasteiger partial charge in [0.25, 0.3) is 0 Å². The average Bonchev–Trinajstić information content (AvgIpc) is 3.35. The number of anilines is 1. The molecular formula is C33H46N2O2. The summed E-state index contributed by atoms with van der Waals surface area (Å²) in [6, 6.07) is 16.4. The maximum Gasteiger partial charge on any atom is 0.148 e. The van der Waals surface area contributed by atoms with Crippen LogP contribution in [-0.2, 0) is 11.2 Å². The van der Waals surface area contributed by atoms with E-state index in [1.165, 1.54) is 25.1 Å². The van der Waals surface area contributed by atoms with Gasteiger partial charge in [0.05, 0.1) is 7.11 Å². The van der Waals surface area contributed by atoms with Gasteiger partial charge in [0.1, 0.15) is 12.0 Å². The maximum atomic E-state index is 11.9. The van der Waals surface area contributed by atoms with Gasteiger partial charge in [0, 0.05) is 35.7 Å². The molecule has 0 amide bonds. The molecule has 4 nitrogen and oxygen atoms in total. The van der Waals surface area contributed by atoms with E-state index < -0.39 is 0 Å². The first-order valence-electron chi connectivity index (χ1n) is 13.5. The van der Waals surface area contributed by atoms with Crippen LogP contribution in [0.2, 0.25) is 0 Å². The van der Waals surface area contributed by atoms with Crippen LogP contribution in [0.4, 0.5) is 5.69 Å². The Balaban J connectivity index is 0.000000510. The van der Waals surface area contributed by atoms with E-state index in [1.807, 2.05) is 31.2 Å². The summed E-state index contributed by atoms with van der Waals surface area (Å²) in [4.78, 5) is 16.3. The molecule has 0 saturated carbocycles. The quantitative estimate of drug-likeness (QED) is 0.188. The Morgan fingerprint density at radius 1 is 1.14 bits per heavy atom. The fraction of sp³-hybridized carbons (Fsp3) is 0.424. The number of benzene rings is 2. The monoisotopic (exact) mass is 502 g/mol. The number of carbonyl (C=O) groups is 1. The van der Waals surface area contributed by atoms with E-state index in [1.54, 1.807) is 12.7 Å². The van der Waals surface area contributed by atoms with Gasteiger partial charge >= 0.3 is 0 Å². The highest BCUT2D eigenvalue weighted by molar-refractivity contribution is 5.85. The molecule has 0 bridgehead atoms. The van der Waals surface area contributed by atoms with Crippen LogP contribution in [0.5, 0.6) is 5.75 Å². The second kappa shape index (κ2) is 15.2. The van der Waals surface area contributed by atoms with Crippen LogP contribution in [0.25, 0.3) is 5.70 Å². The number of aryl methyl sites for hydroxylation is 1. The molecule has 1 heterocycles. The van der Waals surface area contributed by atoms with E-state index in [-0.39, 0.29) is 5.92 Å². The van der Waals surface area contributed by atoms with Crippen molar-refractivity contribution in [2.45, 2.75) is 60.3 Å². The molecule has 0 radical (unpaired) electrons. The zero-order valence-electron chi connectivity index (χ0n) is 24.0. The standard InChI is InChI=1S/C26H33NO2.C7H13N/c1-7-9-22-10-12-23(13-11-22)20(4)27(21(5)26(18-28)19(3)8-2)24-14-16-25(29-6)17-15-24;1-3-7-4-5-8(2)6-7/h10-19H,4,7-9H2,1-3,5-6H3;3H,4-6H2,1-2H3/b26-21-;7-3+. The number of hydrogen-bond acceptors (Lipinski definition) is 4. The Morgan fingerprint density at radius 2 is 1.78 bits per heavy atom. The molecule has 0 aliphatic carbocycles. The number of aldehydes is 1. The van der Waals surface area contributed by atoms with Crippen molar-refractivity contribution in [1.29, 1.82) is 0 Å². The molecule has 1 fully saturated rings. The van der Waals surface area contributed by atoms with E-state index in [9.17, 15) is 4.79 Å². The van der Waals surface area contributed by atoms with Crippen molar-refractivity contribution in [1.82, 2.24) is 4.90 Å². The predicted molar refractivity (Wildman–Crippen MR) is 159 cm³/mol. The van der Waals surface area contributed by atoms with Crippen molar-refractivity contribution in [3.63, 3.8) is 0 Å². The Labute approximate surface area is 225 Å². The minimum absolute atomic E-state index is 0.174. The third-order valence-corrected chi connectivity index (χ3v) is 7.15. The molecule has 4 heteroatoms. The van der Waals surface area contributed by atoms with Gasteiger partial charge in [-0.3, -0.25) is 4.79 Å². The summed E-state index contributed by atoms with van der Waals surface area (Å²) in [7, 11) is 3.82. The van der Waals surface area contributed by atoms with Gasteiger partial charge in [-0.15, -0.1) is 0 Å². The molecule has 1 atom stereocenters. The van der Waals surface area contributed by atoms with Crippen LogP contribution >= 0.6 is 0 Å². The number of likely N-dealkylation sites (N-methyl/N-ethyl adjacent to an activating group) is 1. The number of methoxy groups -OCH3 is 1. The summed E-state index contributed by atoms with van der Waals surface area (Å²) in [5.74, 6) is 0.968. The lowest BCUT2D eigenvalue weighted by Crippen LogP contribution is -2.22. The highest BCUT2D eigenvalue weighted by atomic mass is 16.5. The van der Waals surface area contributed by atoms with Crippen LogP contribution in [0.3, 0.4) is 0 Å². The largest absolute Gasteiger partial charge is 0.497 e. The van der Waals surface area contributed by atoms with E-state index in [4.69, 9.17) is 4.74 Å².